The molecular weight excluding hydrogens is 410 g/mol. The minimum absolute atomic E-state index is 0.0586. The van der Waals surface area contributed by atoms with Crippen molar-refractivity contribution < 1.29 is 28.9 Å². The van der Waals surface area contributed by atoms with Gasteiger partial charge in [0.25, 0.3) is 11.7 Å². The second-order valence-corrected chi connectivity index (χ2v) is 7.95. The van der Waals surface area contributed by atoms with Crippen molar-refractivity contribution in [2.24, 2.45) is 0 Å². The van der Waals surface area contributed by atoms with E-state index in [1.54, 1.807) is 18.2 Å². The molecule has 1 saturated heterocycles. The van der Waals surface area contributed by atoms with Crippen LogP contribution in [0.2, 0.25) is 0 Å². The van der Waals surface area contributed by atoms with Crippen LogP contribution < -0.4 is 9.47 Å². The summed E-state index contributed by atoms with van der Waals surface area (Å²) in [6, 6.07) is 11.8. The van der Waals surface area contributed by atoms with Gasteiger partial charge in [0.2, 0.25) is 0 Å². The molecule has 0 radical (unpaired) electrons. The van der Waals surface area contributed by atoms with Gasteiger partial charge in [-0.1, -0.05) is 12.1 Å². The van der Waals surface area contributed by atoms with Crippen molar-refractivity contribution >= 4 is 17.4 Å². The number of hydrogen-bond donors (Lipinski definition) is 1. The third-order valence-electron chi connectivity index (χ3n) is 5.73. The Morgan fingerprint density at radius 3 is 2.78 bits per heavy atom. The van der Waals surface area contributed by atoms with Crippen LogP contribution in [0, 0.1) is 0 Å². The molecule has 0 aromatic heterocycles. The van der Waals surface area contributed by atoms with Gasteiger partial charge in [0, 0.05) is 25.6 Å². The first-order chi connectivity index (χ1) is 15.4. The number of Topliss-reactive ketones (excluding diaryl/α,β-unsaturated/α-hetero) is 1. The molecule has 1 N–H and O–H groups in total. The minimum atomic E-state index is -0.742. The average Bonchev–Trinajstić information content (AvgIpc) is 3.28. The lowest BCUT2D eigenvalue weighted by Gasteiger charge is -2.25. The number of ketones is 1. The Kier molecular flexibility index (Phi) is 6.19. The number of hydrogen-bond acceptors (Lipinski definition) is 6. The lowest BCUT2D eigenvalue weighted by Crippen LogP contribution is -2.32. The van der Waals surface area contributed by atoms with Gasteiger partial charge in [-0.25, -0.2) is 0 Å². The molecule has 4 rings (SSSR count). The molecule has 168 valence electrons. The summed E-state index contributed by atoms with van der Waals surface area (Å²) >= 11 is 0. The van der Waals surface area contributed by atoms with Crippen molar-refractivity contribution in [2.75, 3.05) is 26.9 Å². The lowest BCUT2D eigenvalue weighted by molar-refractivity contribution is -0.140. The van der Waals surface area contributed by atoms with E-state index in [1.165, 1.54) is 12.0 Å². The summed E-state index contributed by atoms with van der Waals surface area (Å²) < 4.78 is 16.5. The number of carbonyl (C=O) groups excluding carboxylic acids is 2. The van der Waals surface area contributed by atoms with E-state index in [2.05, 4.69) is 0 Å². The molecule has 7 heteroatoms. The standard InChI is InChI=1S/C25H27NO6/c1-4-31-19-7-5-6-16(14-19)22-21(24(28)25(29)26(22)10-11-30-3)23(27)17-8-9-20-18(13-17)12-15(2)32-20/h5-9,13-15,22,27H,4,10-12H2,1-3H3/t15-,22-/m0/s1. The van der Waals surface area contributed by atoms with Crippen molar-refractivity contribution in [2.45, 2.75) is 32.4 Å². The van der Waals surface area contributed by atoms with Crippen LogP contribution in [0.5, 0.6) is 11.5 Å². The normalized spacial score (nSPS) is 21.5. The summed E-state index contributed by atoms with van der Waals surface area (Å²) in [6.07, 6.45) is 0.779. The molecule has 0 spiro atoms. The summed E-state index contributed by atoms with van der Waals surface area (Å²) in [4.78, 5) is 27.4. The first-order valence-corrected chi connectivity index (χ1v) is 10.7. The maximum atomic E-state index is 13.1. The fourth-order valence-electron chi connectivity index (χ4n) is 4.31. The molecule has 2 aliphatic heterocycles. The SMILES string of the molecule is CCOc1cccc([C@H]2C(=C(O)c3ccc4c(c3)C[C@H](C)O4)C(=O)C(=O)N2CCOC)c1. The van der Waals surface area contributed by atoms with Gasteiger partial charge < -0.3 is 24.2 Å². The number of ether oxygens (including phenoxy) is 3. The van der Waals surface area contributed by atoms with Gasteiger partial charge in [0.1, 0.15) is 23.4 Å². The predicted octanol–water partition coefficient (Wildman–Crippen LogP) is 3.48. The number of rotatable bonds is 7. The molecule has 0 aliphatic carbocycles. The summed E-state index contributed by atoms with van der Waals surface area (Å²) in [7, 11) is 1.54. The zero-order valence-corrected chi connectivity index (χ0v) is 18.5. The van der Waals surface area contributed by atoms with Crippen LogP contribution in [-0.4, -0.2) is 54.7 Å². The topological polar surface area (TPSA) is 85.3 Å². The molecule has 2 heterocycles. The summed E-state index contributed by atoms with van der Waals surface area (Å²) in [5, 5.41) is 11.2. The van der Waals surface area contributed by atoms with Crippen LogP contribution in [-0.2, 0) is 20.7 Å². The Morgan fingerprint density at radius 1 is 1.22 bits per heavy atom. The molecule has 2 aromatic rings. The van der Waals surface area contributed by atoms with Crippen molar-refractivity contribution in [3.8, 4) is 11.5 Å². The maximum absolute atomic E-state index is 13.1. The highest BCUT2D eigenvalue weighted by atomic mass is 16.5. The summed E-state index contributed by atoms with van der Waals surface area (Å²) in [5.74, 6) is -0.164. The van der Waals surface area contributed by atoms with Gasteiger partial charge in [0.15, 0.2) is 0 Å². The molecular formula is C25H27NO6. The molecule has 2 atom stereocenters. The van der Waals surface area contributed by atoms with Gasteiger partial charge in [-0.3, -0.25) is 9.59 Å². The number of fused-ring (bicyclic) bond motifs is 1. The van der Waals surface area contributed by atoms with E-state index in [4.69, 9.17) is 14.2 Å². The van der Waals surface area contributed by atoms with Crippen LogP contribution in [0.1, 0.15) is 36.6 Å². The Morgan fingerprint density at radius 2 is 2.03 bits per heavy atom. The number of amides is 1. The number of aliphatic hydroxyl groups is 1. The van der Waals surface area contributed by atoms with Gasteiger partial charge >= 0.3 is 0 Å². The molecule has 0 bridgehead atoms. The molecule has 2 aliphatic rings. The number of likely N-dealkylation sites (tertiary alicyclic amines) is 1. The Balaban J connectivity index is 1.82. The van der Waals surface area contributed by atoms with E-state index in [9.17, 15) is 14.7 Å². The highest BCUT2D eigenvalue weighted by Gasteiger charge is 2.46. The van der Waals surface area contributed by atoms with Crippen LogP contribution in [0.3, 0.4) is 0 Å². The van der Waals surface area contributed by atoms with E-state index < -0.39 is 17.7 Å². The zero-order chi connectivity index (χ0) is 22.8. The molecule has 1 fully saturated rings. The molecule has 2 aromatic carbocycles. The van der Waals surface area contributed by atoms with Gasteiger partial charge in [-0.2, -0.15) is 0 Å². The van der Waals surface area contributed by atoms with Crippen LogP contribution in [0.25, 0.3) is 5.76 Å². The molecule has 1 amide bonds. The van der Waals surface area contributed by atoms with Crippen LogP contribution >= 0.6 is 0 Å². The van der Waals surface area contributed by atoms with Crippen LogP contribution in [0.15, 0.2) is 48.0 Å². The predicted molar refractivity (Wildman–Crippen MR) is 119 cm³/mol. The molecule has 0 saturated carbocycles. The smallest absolute Gasteiger partial charge is 0.295 e. The largest absolute Gasteiger partial charge is 0.507 e. The van der Waals surface area contributed by atoms with E-state index in [1.807, 2.05) is 38.1 Å². The first-order valence-electron chi connectivity index (χ1n) is 10.7. The fourth-order valence-corrected chi connectivity index (χ4v) is 4.31. The number of nitrogens with zero attached hydrogens (tertiary/aromatic N) is 1. The summed E-state index contributed by atoms with van der Waals surface area (Å²) in [6.45, 7) is 4.84. The third kappa shape index (κ3) is 3.96. The van der Waals surface area contributed by atoms with Crippen molar-refractivity contribution in [3.63, 3.8) is 0 Å². The van der Waals surface area contributed by atoms with E-state index in [-0.39, 0.29) is 30.6 Å². The number of methoxy groups -OCH3 is 1. The maximum Gasteiger partial charge on any atom is 0.295 e. The first kappa shape index (κ1) is 21.9. The Bertz CT molecular complexity index is 1080. The number of benzene rings is 2. The Labute approximate surface area is 187 Å². The second kappa shape index (κ2) is 9.04. The van der Waals surface area contributed by atoms with E-state index in [0.717, 1.165) is 17.7 Å². The third-order valence-corrected chi connectivity index (χ3v) is 5.73. The average molecular weight is 437 g/mol. The lowest BCUT2D eigenvalue weighted by atomic mass is 9.94. The Hall–Kier alpha value is -3.32. The van der Waals surface area contributed by atoms with Crippen molar-refractivity contribution in [1.29, 1.82) is 0 Å². The summed E-state index contributed by atoms with van der Waals surface area (Å²) in [5.41, 5.74) is 2.19. The number of carbonyl (C=O) groups is 2. The van der Waals surface area contributed by atoms with Crippen LogP contribution in [0.4, 0.5) is 0 Å². The van der Waals surface area contributed by atoms with Gasteiger partial charge in [-0.15, -0.1) is 0 Å². The quantitative estimate of drug-likeness (QED) is 0.406. The fraction of sp³-hybridized carbons (Fsp3) is 0.360. The second-order valence-electron chi connectivity index (χ2n) is 7.95. The van der Waals surface area contributed by atoms with E-state index >= 15 is 0 Å². The van der Waals surface area contributed by atoms with Crippen molar-refractivity contribution in [1.82, 2.24) is 4.90 Å². The molecule has 7 nitrogen and oxygen atoms in total. The zero-order valence-electron chi connectivity index (χ0n) is 18.5. The highest BCUT2D eigenvalue weighted by molar-refractivity contribution is 6.46. The number of aliphatic hydroxyl groups excluding tert-OH is 1. The van der Waals surface area contributed by atoms with Gasteiger partial charge in [0.05, 0.1) is 24.8 Å². The van der Waals surface area contributed by atoms with Crippen molar-refractivity contribution in [3.05, 3.63) is 64.7 Å². The van der Waals surface area contributed by atoms with E-state index in [0.29, 0.717) is 23.5 Å². The highest BCUT2D eigenvalue weighted by Crippen LogP contribution is 2.41. The molecule has 32 heavy (non-hydrogen) atoms. The molecule has 0 unspecified atom stereocenters. The van der Waals surface area contributed by atoms with Gasteiger partial charge in [-0.05, 0) is 55.3 Å². The monoisotopic (exact) mass is 437 g/mol. The minimum Gasteiger partial charge on any atom is -0.507 e.